The van der Waals surface area contributed by atoms with E-state index in [0.717, 1.165) is 0 Å². The van der Waals surface area contributed by atoms with Gasteiger partial charge in [0.2, 0.25) is 11.2 Å². The molecule has 192 valence electrons. The quantitative estimate of drug-likeness (QED) is 0.328. The molecule has 8 heteroatoms. The molecule has 0 N–H and O–H groups in total. The fraction of sp³-hybridized carbons (Fsp3) is 0.778. The standard InChI is InChI=1S/C27H36O8/c1-22(2)24(5)11-13-26(22,34-18(24)28)20(30)32-15-16-7-9-17(10-8-16)33-21(31)27-14-12-25(6,19(29)35-27)23(27,3)4/h7,9,16-17H,8,10-15H2,1-6H3/t16-,17+,24+,25+,26-,27-/m1/s1. The Morgan fingerprint density at radius 1 is 0.800 bits per heavy atom. The molecule has 0 radical (unpaired) electrons. The van der Waals surface area contributed by atoms with Crippen molar-refractivity contribution in [3.63, 3.8) is 0 Å². The van der Waals surface area contributed by atoms with Gasteiger partial charge in [-0.15, -0.1) is 0 Å². The molecule has 2 saturated heterocycles. The Kier molecular flexibility index (Phi) is 4.93. The van der Waals surface area contributed by atoms with E-state index in [2.05, 4.69) is 0 Å². The van der Waals surface area contributed by atoms with Crippen LogP contribution in [0.1, 0.15) is 80.1 Å². The third kappa shape index (κ3) is 2.74. The van der Waals surface area contributed by atoms with E-state index in [-0.39, 0.29) is 24.5 Å². The number of fused-ring (bicyclic) bond motifs is 4. The maximum Gasteiger partial charge on any atom is 0.351 e. The Balaban J connectivity index is 1.18. The minimum Gasteiger partial charge on any atom is -0.462 e. The lowest BCUT2D eigenvalue weighted by atomic mass is 9.66. The van der Waals surface area contributed by atoms with Crippen LogP contribution in [-0.4, -0.2) is 47.8 Å². The second-order valence-electron chi connectivity index (χ2n) is 12.6. The van der Waals surface area contributed by atoms with Crippen molar-refractivity contribution in [2.24, 2.45) is 27.6 Å². The van der Waals surface area contributed by atoms with Crippen LogP contribution in [0.2, 0.25) is 0 Å². The first-order valence-corrected chi connectivity index (χ1v) is 12.7. The topological polar surface area (TPSA) is 105 Å². The molecule has 4 bridgehead atoms. The lowest BCUT2D eigenvalue weighted by molar-refractivity contribution is -0.186. The number of rotatable bonds is 5. The van der Waals surface area contributed by atoms with Crippen LogP contribution in [0.25, 0.3) is 0 Å². The molecule has 0 amide bonds. The van der Waals surface area contributed by atoms with Crippen LogP contribution in [0.15, 0.2) is 12.2 Å². The Bertz CT molecular complexity index is 1040. The Morgan fingerprint density at radius 3 is 1.71 bits per heavy atom. The normalized spacial score (nSPS) is 44.2. The molecule has 5 aliphatic rings. The van der Waals surface area contributed by atoms with E-state index in [1.54, 1.807) is 0 Å². The van der Waals surface area contributed by atoms with E-state index >= 15 is 0 Å². The molecule has 2 saturated carbocycles. The highest BCUT2D eigenvalue weighted by Gasteiger charge is 2.77. The van der Waals surface area contributed by atoms with E-state index < -0.39 is 50.9 Å². The van der Waals surface area contributed by atoms with Crippen LogP contribution in [0.4, 0.5) is 0 Å². The molecule has 2 heterocycles. The first-order chi connectivity index (χ1) is 16.2. The molecule has 0 aromatic carbocycles. The van der Waals surface area contributed by atoms with Gasteiger partial charge >= 0.3 is 23.9 Å². The molecule has 35 heavy (non-hydrogen) atoms. The molecule has 2 aliphatic heterocycles. The largest absolute Gasteiger partial charge is 0.462 e. The zero-order valence-corrected chi connectivity index (χ0v) is 21.5. The first-order valence-electron chi connectivity index (χ1n) is 12.7. The van der Waals surface area contributed by atoms with Crippen molar-refractivity contribution >= 4 is 23.9 Å². The summed E-state index contributed by atoms with van der Waals surface area (Å²) >= 11 is 0. The monoisotopic (exact) mass is 488 g/mol. The summed E-state index contributed by atoms with van der Waals surface area (Å²) in [5, 5.41) is 0. The van der Waals surface area contributed by atoms with Crippen LogP contribution in [0.5, 0.6) is 0 Å². The fourth-order valence-electron chi connectivity index (χ4n) is 7.03. The summed E-state index contributed by atoms with van der Waals surface area (Å²) in [4.78, 5) is 51.1. The average molecular weight is 489 g/mol. The second kappa shape index (κ2) is 7.10. The number of ether oxygens (including phenoxy) is 4. The molecule has 8 nitrogen and oxygen atoms in total. The summed E-state index contributed by atoms with van der Waals surface area (Å²) in [5.74, 6) is -1.64. The minimum absolute atomic E-state index is 0.0213. The summed E-state index contributed by atoms with van der Waals surface area (Å²) in [6, 6.07) is 0. The molecule has 0 aromatic rings. The highest BCUT2D eigenvalue weighted by molar-refractivity contribution is 5.94. The molecule has 4 fully saturated rings. The minimum atomic E-state index is -1.24. The smallest absolute Gasteiger partial charge is 0.351 e. The highest BCUT2D eigenvalue weighted by atomic mass is 16.6. The van der Waals surface area contributed by atoms with E-state index in [0.29, 0.717) is 38.5 Å². The maximum atomic E-state index is 13.2. The van der Waals surface area contributed by atoms with Crippen molar-refractivity contribution in [1.82, 2.24) is 0 Å². The predicted molar refractivity (Wildman–Crippen MR) is 123 cm³/mol. The highest BCUT2D eigenvalue weighted by Crippen LogP contribution is 2.67. The van der Waals surface area contributed by atoms with Gasteiger partial charge in [-0.2, -0.15) is 0 Å². The summed E-state index contributed by atoms with van der Waals surface area (Å²) < 4.78 is 22.7. The number of esters is 4. The number of hydrogen-bond acceptors (Lipinski definition) is 8. The predicted octanol–water partition coefficient (Wildman–Crippen LogP) is 3.65. The lowest BCUT2D eigenvalue weighted by Crippen LogP contribution is -2.50. The number of carbonyl (C=O) groups is 4. The molecule has 5 rings (SSSR count). The van der Waals surface area contributed by atoms with Gasteiger partial charge < -0.3 is 18.9 Å². The Hall–Kier alpha value is -2.38. The van der Waals surface area contributed by atoms with E-state index in [1.807, 2.05) is 53.7 Å². The first kappa shape index (κ1) is 24.3. The van der Waals surface area contributed by atoms with Crippen molar-refractivity contribution in [2.75, 3.05) is 6.61 Å². The maximum absolute atomic E-state index is 13.2. The number of carbonyl (C=O) groups excluding carboxylic acids is 4. The van der Waals surface area contributed by atoms with Crippen LogP contribution in [0, 0.1) is 27.6 Å². The summed E-state index contributed by atoms with van der Waals surface area (Å²) in [5.41, 5.74) is -5.09. The average Bonchev–Trinajstić information content (AvgIpc) is 3.26. The van der Waals surface area contributed by atoms with Crippen molar-refractivity contribution in [1.29, 1.82) is 0 Å². The summed E-state index contributed by atoms with van der Waals surface area (Å²) in [7, 11) is 0. The van der Waals surface area contributed by atoms with Gasteiger partial charge in [0.1, 0.15) is 6.10 Å². The molecule has 0 aromatic heterocycles. The lowest BCUT2D eigenvalue weighted by Gasteiger charge is -2.36. The van der Waals surface area contributed by atoms with Crippen molar-refractivity contribution in [3.8, 4) is 0 Å². The molecular weight excluding hydrogens is 452 g/mol. The van der Waals surface area contributed by atoms with Crippen molar-refractivity contribution in [3.05, 3.63) is 12.2 Å². The van der Waals surface area contributed by atoms with E-state index in [4.69, 9.17) is 18.9 Å². The van der Waals surface area contributed by atoms with Gasteiger partial charge in [0.15, 0.2) is 0 Å². The fourth-order valence-corrected chi connectivity index (χ4v) is 7.03. The van der Waals surface area contributed by atoms with Crippen molar-refractivity contribution < 1.29 is 38.1 Å². The molecule has 6 atom stereocenters. The second-order valence-corrected chi connectivity index (χ2v) is 12.6. The Morgan fingerprint density at radius 2 is 1.31 bits per heavy atom. The van der Waals surface area contributed by atoms with Gasteiger partial charge in [-0.05, 0) is 58.4 Å². The third-order valence-corrected chi connectivity index (χ3v) is 10.9. The van der Waals surface area contributed by atoms with Crippen molar-refractivity contribution in [2.45, 2.75) is 97.4 Å². The van der Waals surface area contributed by atoms with E-state index in [1.165, 1.54) is 0 Å². The molecule has 3 aliphatic carbocycles. The molecular formula is C27H36O8. The zero-order chi connectivity index (χ0) is 25.7. The van der Waals surface area contributed by atoms with Crippen LogP contribution < -0.4 is 0 Å². The zero-order valence-electron chi connectivity index (χ0n) is 21.5. The van der Waals surface area contributed by atoms with Gasteiger partial charge in [0.25, 0.3) is 0 Å². The van der Waals surface area contributed by atoms with Crippen LogP contribution in [0.3, 0.4) is 0 Å². The van der Waals surface area contributed by atoms with Gasteiger partial charge in [0.05, 0.1) is 17.4 Å². The van der Waals surface area contributed by atoms with E-state index in [9.17, 15) is 19.2 Å². The summed E-state index contributed by atoms with van der Waals surface area (Å²) in [6.07, 6.45) is 6.71. The molecule has 0 unspecified atom stereocenters. The third-order valence-electron chi connectivity index (χ3n) is 10.9. The van der Waals surface area contributed by atoms with Gasteiger partial charge in [0, 0.05) is 16.7 Å². The molecule has 0 spiro atoms. The number of hydrogen-bond donors (Lipinski definition) is 0. The van der Waals surface area contributed by atoms with Gasteiger partial charge in [-0.25, -0.2) is 9.59 Å². The Labute approximate surface area is 206 Å². The van der Waals surface area contributed by atoms with Crippen LogP contribution >= 0.6 is 0 Å². The van der Waals surface area contributed by atoms with Gasteiger partial charge in [-0.3, -0.25) is 9.59 Å². The SMILES string of the molecule is CC1(C)[C@@]2(C)CC[C@]1(C(=O)OC[C@@H]1C=C[C@H](OC(=O)[C@@]34CC[C@@](C)(C(=O)O3)C4(C)C)CC1)OC2=O. The summed E-state index contributed by atoms with van der Waals surface area (Å²) in [6.45, 7) is 11.5. The van der Waals surface area contributed by atoms with Crippen LogP contribution in [-0.2, 0) is 38.1 Å². The van der Waals surface area contributed by atoms with Gasteiger partial charge in [-0.1, -0.05) is 33.8 Å².